The molecule has 0 saturated carbocycles. The molecule has 2 rings (SSSR count). The van der Waals surface area contributed by atoms with Crippen LogP contribution in [0, 0.1) is 0 Å². The number of hydrogen-bond acceptors (Lipinski definition) is 7. The van der Waals surface area contributed by atoms with Gasteiger partial charge >= 0.3 is 0 Å². The molecule has 0 radical (unpaired) electrons. The number of aliphatic hydroxyl groups excluding tert-OH is 1. The Hall–Kier alpha value is -2.24. The first-order valence-corrected chi connectivity index (χ1v) is 11.2. The van der Waals surface area contributed by atoms with E-state index in [4.69, 9.17) is 22.4 Å². The number of rotatable bonds is 10. The minimum Gasteiger partial charge on any atom is -0.394 e. The lowest BCUT2D eigenvalue weighted by atomic mass is 10.2. The SMILES string of the molecule is C=N/C(C)=C(\SCNC(=O)C(N)CO)c1cnc(Cl)c(NS(=O)c2ccccc2)c1. The highest BCUT2D eigenvalue weighted by Crippen LogP contribution is 2.33. The number of aliphatic imine (C=N–C) groups is 1. The Morgan fingerprint density at radius 3 is 2.77 bits per heavy atom. The first kappa shape index (κ1) is 24.0. The Balaban J connectivity index is 2.21. The molecule has 5 N–H and O–H groups in total. The van der Waals surface area contributed by atoms with E-state index in [-0.39, 0.29) is 11.0 Å². The first-order chi connectivity index (χ1) is 14.4. The fourth-order valence-electron chi connectivity index (χ4n) is 2.21. The average Bonchev–Trinajstić information content (AvgIpc) is 2.77. The van der Waals surface area contributed by atoms with Gasteiger partial charge in [0.05, 0.1) is 28.8 Å². The van der Waals surface area contributed by atoms with Gasteiger partial charge in [0.2, 0.25) is 5.91 Å². The standard InChI is InChI=1S/C19H22ClN5O3S2/c1-12(22-2)17(29-11-24-19(27)15(21)10-26)13-8-16(18(20)23-9-13)25-30(28)14-6-4-3-5-7-14/h3-9,15,25-26H,2,10-11,21H2,1H3,(H,24,27)/b17-12-. The molecular weight excluding hydrogens is 446 g/mol. The summed E-state index contributed by atoms with van der Waals surface area (Å²) < 4.78 is 15.4. The van der Waals surface area contributed by atoms with Crippen molar-refractivity contribution in [2.24, 2.45) is 10.7 Å². The maximum absolute atomic E-state index is 12.6. The van der Waals surface area contributed by atoms with Gasteiger partial charge in [-0.1, -0.05) is 29.8 Å². The highest BCUT2D eigenvalue weighted by Gasteiger charge is 2.15. The molecule has 1 aromatic carbocycles. The molecule has 1 aromatic heterocycles. The maximum Gasteiger partial charge on any atom is 0.239 e. The lowest BCUT2D eigenvalue weighted by Crippen LogP contribution is -2.42. The molecule has 0 aliphatic rings. The number of benzene rings is 1. The van der Waals surface area contributed by atoms with Crippen LogP contribution in [0.3, 0.4) is 0 Å². The zero-order valence-electron chi connectivity index (χ0n) is 16.2. The van der Waals surface area contributed by atoms with Crippen LogP contribution in [0.25, 0.3) is 4.91 Å². The van der Waals surface area contributed by atoms with Crippen molar-refractivity contribution in [1.29, 1.82) is 0 Å². The topological polar surface area (TPSA) is 130 Å². The predicted molar refractivity (Wildman–Crippen MR) is 124 cm³/mol. The second-order valence-electron chi connectivity index (χ2n) is 5.94. The number of nitrogens with one attached hydrogen (secondary N) is 2. The summed E-state index contributed by atoms with van der Waals surface area (Å²) >= 11 is 7.46. The van der Waals surface area contributed by atoms with E-state index < -0.39 is 29.5 Å². The quantitative estimate of drug-likeness (QED) is 0.241. The Labute approximate surface area is 186 Å². The summed E-state index contributed by atoms with van der Waals surface area (Å²) in [4.78, 5) is 21.2. The second kappa shape index (κ2) is 11.8. The number of nitrogens with zero attached hydrogens (tertiary/aromatic N) is 2. The Morgan fingerprint density at radius 1 is 1.43 bits per heavy atom. The highest BCUT2D eigenvalue weighted by molar-refractivity contribution is 8.08. The molecule has 0 aliphatic carbocycles. The third kappa shape index (κ3) is 6.64. The summed E-state index contributed by atoms with van der Waals surface area (Å²) in [6, 6.07) is 9.60. The van der Waals surface area contributed by atoms with Gasteiger partial charge in [-0.05, 0) is 31.8 Å². The van der Waals surface area contributed by atoms with Crippen molar-refractivity contribution < 1.29 is 14.1 Å². The van der Waals surface area contributed by atoms with Crippen molar-refractivity contribution in [2.45, 2.75) is 17.9 Å². The van der Waals surface area contributed by atoms with Crippen molar-refractivity contribution in [2.75, 3.05) is 17.2 Å². The van der Waals surface area contributed by atoms with E-state index >= 15 is 0 Å². The number of hydrogen-bond donors (Lipinski definition) is 4. The number of carbonyl (C=O) groups is 1. The molecule has 160 valence electrons. The van der Waals surface area contributed by atoms with E-state index in [1.54, 1.807) is 43.5 Å². The minimum absolute atomic E-state index is 0.166. The molecule has 0 aliphatic heterocycles. The van der Waals surface area contributed by atoms with Crippen molar-refractivity contribution >= 4 is 57.6 Å². The number of aromatic nitrogens is 1. The number of nitrogens with two attached hydrogens (primary N) is 1. The molecule has 1 heterocycles. The number of amides is 1. The van der Waals surface area contributed by atoms with E-state index in [1.165, 1.54) is 11.8 Å². The Kier molecular flexibility index (Phi) is 9.47. The third-order valence-electron chi connectivity index (χ3n) is 3.82. The van der Waals surface area contributed by atoms with Gasteiger partial charge in [-0.15, -0.1) is 11.8 Å². The lowest BCUT2D eigenvalue weighted by molar-refractivity contribution is -0.122. The molecule has 1 amide bonds. The molecule has 8 nitrogen and oxygen atoms in total. The summed E-state index contributed by atoms with van der Waals surface area (Å²) in [7, 11) is -1.52. The minimum atomic E-state index is -1.52. The lowest BCUT2D eigenvalue weighted by Gasteiger charge is -2.14. The normalized spacial score (nSPS) is 13.7. The smallest absolute Gasteiger partial charge is 0.239 e. The number of carbonyl (C=O) groups excluding carboxylic acids is 1. The van der Waals surface area contributed by atoms with Crippen LogP contribution >= 0.6 is 23.4 Å². The van der Waals surface area contributed by atoms with Gasteiger partial charge < -0.3 is 16.2 Å². The van der Waals surface area contributed by atoms with Crippen LogP contribution in [0.4, 0.5) is 5.69 Å². The van der Waals surface area contributed by atoms with Crippen LogP contribution in [0.2, 0.25) is 5.15 Å². The zero-order valence-corrected chi connectivity index (χ0v) is 18.6. The molecule has 30 heavy (non-hydrogen) atoms. The fourth-order valence-corrected chi connectivity index (χ4v) is 4.20. The van der Waals surface area contributed by atoms with Crippen molar-refractivity contribution in [3.8, 4) is 0 Å². The van der Waals surface area contributed by atoms with Gasteiger partial charge in [-0.25, -0.2) is 9.19 Å². The van der Waals surface area contributed by atoms with Gasteiger partial charge in [0.25, 0.3) is 0 Å². The molecule has 2 aromatic rings. The van der Waals surface area contributed by atoms with Crippen LogP contribution in [0.1, 0.15) is 12.5 Å². The summed E-state index contributed by atoms with van der Waals surface area (Å²) in [5, 5.41) is 11.7. The van der Waals surface area contributed by atoms with Crippen LogP contribution in [-0.4, -0.2) is 45.4 Å². The average molecular weight is 468 g/mol. The molecule has 2 unspecified atom stereocenters. The first-order valence-electron chi connectivity index (χ1n) is 8.71. The molecule has 0 bridgehead atoms. The summed E-state index contributed by atoms with van der Waals surface area (Å²) in [6.07, 6.45) is 1.55. The molecule has 11 heteroatoms. The largest absolute Gasteiger partial charge is 0.394 e. The van der Waals surface area contributed by atoms with Crippen molar-refractivity contribution in [1.82, 2.24) is 10.3 Å². The summed E-state index contributed by atoms with van der Waals surface area (Å²) in [6.45, 7) is 4.87. The number of anilines is 1. The molecule has 0 saturated heterocycles. The van der Waals surface area contributed by atoms with Gasteiger partial charge in [0, 0.05) is 16.7 Å². The summed E-state index contributed by atoms with van der Waals surface area (Å²) in [5.74, 6) is -0.279. The zero-order chi connectivity index (χ0) is 22.1. The summed E-state index contributed by atoms with van der Waals surface area (Å²) in [5.41, 5.74) is 7.14. The Bertz CT molecular complexity index is 956. The van der Waals surface area contributed by atoms with E-state index in [0.29, 0.717) is 26.7 Å². The van der Waals surface area contributed by atoms with Gasteiger partial charge in [0.1, 0.15) is 17.0 Å². The van der Waals surface area contributed by atoms with Gasteiger partial charge in [-0.2, -0.15) is 0 Å². The van der Waals surface area contributed by atoms with Crippen molar-refractivity contribution in [3.63, 3.8) is 0 Å². The van der Waals surface area contributed by atoms with Gasteiger partial charge in [-0.3, -0.25) is 14.5 Å². The number of halogens is 1. The van der Waals surface area contributed by atoms with Crippen LogP contribution in [0.5, 0.6) is 0 Å². The molecule has 2 atom stereocenters. The van der Waals surface area contributed by atoms with Crippen LogP contribution < -0.4 is 15.8 Å². The van der Waals surface area contributed by atoms with Crippen molar-refractivity contribution in [3.05, 3.63) is 59.0 Å². The van der Waals surface area contributed by atoms with E-state index in [9.17, 15) is 9.00 Å². The van der Waals surface area contributed by atoms with E-state index in [0.717, 1.165) is 0 Å². The van der Waals surface area contributed by atoms with E-state index in [2.05, 4.69) is 26.7 Å². The van der Waals surface area contributed by atoms with Crippen LogP contribution in [-0.2, 0) is 15.8 Å². The Morgan fingerprint density at radius 2 is 2.13 bits per heavy atom. The number of pyridine rings is 1. The number of allylic oxidation sites excluding steroid dienone is 1. The van der Waals surface area contributed by atoms with Gasteiger partial charge in [0.15, 0.2) is 5.15 Å². The van der Waals surface area contributed by atoms with Crippen LogP contribution in [0.15, 0.2) is 58.2 Å². The molecule has 0 fully saturated rings. The second-order valence-corrected chi connectivity index (χ2v) is 8.49. The van der Waals surface area contributed by atoms with E-state index in [1.807, 2.05) is 6.07 Å². The molecular formula is C19H22ClN5O3S2. The predicted octanol–water partition coefficient (Wildman–Crippen LogP) is 2.39. The highest BCUT2D eigenvalue weighted by atomic mass is 35.5. The fraction of sp³-hybridized carbons (Fsp3) is 0.211. The number of aliphatic hydroxyl groups is 1. The maximum atomic E-state index is 12.6. The third-order valence-corrected chi connectivity index (χ3v) is 6.34. The monoisotopic (exact) mass is 467 g/mol. The molecule has 0 spiro atoms. The number of thioether (sulfide) groups is 1.